The van der Waals surface area contributed by atoms with Gasteiger partial charge in [0.05, 0.1) is 30.8 Å². The second-order valence-electron chi connectivity index (χ2n) is 7.47. The molecule has 1 aromatic heterocycles. The van der Waals surface area contributed by atoms with Crippen LogP contribution in [0.25, 0.3) is 22.1 Å². The lowest BCUT2D eigenvalue weighted by atomic mass is 10.0. The van der Waals surface area contributed by atoms with Gasteiger partial charge in [-0.05, 0) is 35.4 Å². The molecule has 1 aliphatic heterocycles. The summed E-state index contributed by atoms with van der Waals surface area (Å²) in [7, 11) is -1.80. The van der Waals surface area contributed by atoms with E-state index in [0.717, 1.165) is 5.56 Å². The van der Waals surface area contributed by atoms with Crippen molar-refractivity contribution in [3.05, 3.63) is 59.0 Å². The van der Waals surface area contributed by atoms with Crippen LogP contribution < -0.4 is 20.4 Å². The highest BCUT2D eigenvalue weighted by molar-refractivity contribution is 7.91. The van der Waals surface area contributed by atoms with Gasteiger partial charge in [-0.1, -0.05) is 12.1 Å². The van der Waals surface area contributed by atoms with Crippen LogP contribution in [0.3, 0.4) is 0 Å². The van der Waals surface area contributed by atoms with Crippen molar-refractivity contribution < 1.29 is 32.2 Å². The molecule has 1 amide bonds. The molecule has 9 nitrogen and oxygen atoms in total. The number of rotatable bonds is 6. The topological polar surface area (TPSA) is 132 Å². The fourth-order valence-electron chi connectivity index (χ4n) is 3.61. The van der Waals surface area contributed by atoms with Crippen molar-refractivity contribution >= 4 is 26.7 Å². The Morgan fingerprint density at radius 1 is 1.12 bits per heavy atom. The Hall–Kier alpha value is -3.37. The number of fused-ring (bicyclic) bond motifs is 1. The summed E-state index contributed by atoms with van der Waals surface area (Å²) in [5.41, 5.74) is 1.25. The van der Waals surface area contributed by atoms with Gasteiger partial charge in [0.25, 0.3) is 5.91 Å². The number of nitrogens with one attached hydrogen (secondary N) is 1. The fourth-order valence-corrected chi connectivity index (χ4v) is 5.35. The first-order chi connectivity index (χ1) is 15.2. The third kappa shape index (κ3) is 4.76. The molecular weight excluding hydrogens is 438 g/mol. The minimum atomic E-state index is -3.37. The molecule has 32 heavy (non-hydrogen) atoms. The van der Waals surface area contributed by atoms with Crippen molar-refractivity contribution in [3.8, 4) is 22.6 Å². The van der Waals surface area contributed by atoms with E-state index in [0.29, 0.717) is 28.0 Å². The van der Waals surface area contributed by atoms with E-state index in [1.54, 1.807) is 31.4 Å². The molecule has 2 N–H and O–H groups in total. The molecule has 1 aliphatic rings. The van der Waals surface area contributed by atoms with Crippen molar-refractivity contribution in [2.45, 2.75) is 12.1 Å². The summed E-state index contributed by atoms with van der Waals surface area (Å²) < 4.78 is 39.0. The minimum Gasteiger partial charge on any atom is -0.497 e. The zero-order valence-electron chi connectivity index (χ0n) is 17.1. The molecule has 0 spiro atoms. The molecule has 0 saturated carbocycles. The highest BCUT2D eigenvalue weighted by Crippen LogP contribution is 2.30. The van der Waals surface area contributed by atoms with E-state index in [1.165, 1.54) is 12.1 Å². The zero-order chi connectivity index (χ0) is 22.9. The van der Waals surface area contributed by atoms with E-state index < -0.39 is 40.1 Å². The van der Waals surface area contributed by atoms with Crippen molar-refractivity contribution in [1.29, 1.82) is 0 Å². The number of carbonyl (C=O) groups excluding carboxylic acids is 1. The number of carbonyl (C=O) groups is 1. The Bertz CT molecular complexity index is 1310. The summed E-state index contributed by atoms with van der Waals surface area (Å²) in [6.07, 6.45) is -1.14. The van der Waals surface area contributed by atoms with Crippen LogP contribution in [0.15, 0.2) is 57.7 Å². The lowest BCUT2D eigenvalue weighted by Crippen LogP contribution is -2.44. The van der Waals surface area contributed by atoms with E-state index in [4.69, 9.17) is 13.9 Å². The molecule has 1 saturated heterocycles. The molecule has 168 valence electrons. The molecule has 3 aromatic rings. The molecule has 0 aliphatic carbocycles. The molecule has 4 rings (SSSR count). The van der Waals surface area contributed by atoms with Gasteiger partial charge < -0.3 is 24.3 Å². The Balaban J connectivity index is 1.50. The Morgan fingerprint density at radius 3 is 2.50 bits per heavy atom. The Morgan fingerprint density at radius 2 is 1.84 bits per heavy atom. The van der Waals surface area contributed by atoms with Crippen LogP contribution in [-0.4, -0.2) is 56.8 Å². The van der Waals surface area contributed by atoms with Gasteiger partial charge in [0, 0.05) is 17.5 Å². The maximum atomic E-state index is 12.1. The molecule has 0 bridgehead atoms. The third-order valence-electron chi connectivity index (χ3n) is 5.16. The SMILES string of the molecule is COc1ccc(-c2cc(=O)oc3cc(OCC(=O)N[C@@H]4CS(=O)(=O)C[C@@H]4O)ccc23)cc1. The normalized spacial score (nSPS) is 19.6. The van der Waals surface area contributed by atoms with Gasteiger partial charge in [-0.2, -0.15) is 0 Å². The number of hydrogen-bond donors (Lipinski definition) is 2. The number of methoxy groups -OCH3 is 1. The molecule has 2 heterocycles. The van der Waals surface area contributed by atoms with Gasteiger partial charge in [-0.15, -0.1) is 0 Å². The predicted molar refractivity (Wildman–Crippen MR) is 117 cm³/mol. The summed E-state index contributed by atoms with van der Waals surface area (Å²) in [4.78, 5) is 24.2. The predicted octanol–water partition coefficient (Wildman–Crippen LogP) is 1.12. The van der Waals surface area contributed by atoms with Crippen molar-refractivity contribution in [3.63, 3.8) is 0 Å². The number of hydrogen-bond acceptors (Lipinski definition) is 8. The molecule has 2 atom stereocenters. The summed E-state index contributed by atoms with van der Waals surface area (Å²) in [6.45, 7) is -0.392. The maximum absolute atomic E-state index is 12.1. The number of ether oxygens (including phenoxy) is 2. The van der Waals surface area contributed by atoms with Gasteiger partial charge in [0.1, 0.15) is 17.1 Å². The Kier molecular flexibility index (Phi) is 5.90. The highest BCUT2D eigenvalue weighted by atomic mass is 32.2. The number of benzene rings is 2. The van der Waals surface area contributed by atoms with Gasteiger partial charge in [-0.25, -0.2) is 13.2 Å². The zero-order valence-corrected chi connectivity index (χ0v) is 17.9. The second kappa shape index (κ2) is 8.64. The first-order valence-corrected chi connectivity index (χ1v) is 11.6. The summed E-state index contributed by atoms with van der Waals surface area (Å²) in [6, 6.07) is 12.6. The van der Waals surface area contributed by atoms with Gasteiger partial charge >= 0.3 is 5.63 Å². The summed E-state index contributed by atoms with van der Waals surface area (Å²) in [5, 5.41) is 12.9. The lowest BCUT2D eigenvalue weighted by Gasteiger charge is -2.15. The van der Waals surface area contributed by atoms with Crippen LogP contribution in [0.5, 0.6) is 11.5 Å². The quantitative estimate of drug-likeness (QED) is 0.524. The van der Waals surface area contributed by atoms with Crippen molar-refractivity contribution in [2.24, 2.45) is 0 Å². The molecule has 0 radical (unpaired) electrons. The van der Waals surface area contributed by atoms with Crippen LogP contribution in [0, 0.1) is 0 Å². The minimum absolute atomic E-state index is 0.290. The summed E-state index contributed by atoms with van der Waals surface area (Å²) >= 11 is 0. The molecule has 0 unspecified atom stereocenters. The average Bonchev–Trinajstić information content (AvgIpc) is 3.02. The van der Waals surface area contributed by atoms with Crippen LogP contribution in [0.1, 0.15) is 0 Å². The first-order valence-electron chi connectivity index (χ1n) is 9.77. The van der Waals surface area contributed by atoms with E-state index in [1.807, 2.05) is 12.1 Å². The maximum Gasteiger partial charge on any atom is 0.336 e. The third-order valence-corrected chi connectivity index (χ3v) is 6.87. The monoisotopic (exact) mass is 459 g/mol. The van der Waals surface area contributed by atoms with E-state index in [2.05, 4.69) is 5.32 Å². The number of amides is 1. The van der Waals surface area contributed by atoms with Gasteiger partial charge in [0.15, 0.2) is 16.4 Å². The standard InChI is InChI=1S/C22H21NO8S/c1-29-14-4-2-13(3-5-14)17-9-22(26)31-20-8-15(6-7-16(17)20)30-10-21(25)23-18-11-32(27,28)12-19(18)24/h2-9,18-19,24H,10-12H2,1H3,(H,23,25)/t18-,19+/m1/s1. The van der Waals surface area contributed by atoms with Crippen LogP contribution in [0.2, 0.25) is 0 Å². The van der Waals surface area contributed by atoms with E-state index in [-0.39, 0.29) is 11.5 Å². The Labute approximate surface area is 183 Å². The van der Waals surface area contributed by atoms with Crippen LogP contribution in [0.4, 0.5) is 0 Å². The van der Waals surface area contributed by atoms with Crippen molar-refractivity contribution in [2.75, 3.05) is 25.2 Å². The number of aliphatic hydroxyl groups excluding tert-OH is 1. The first kappa shape index (κ1) is 21.8. The van der Waals surface area contributed by atoms with Gasteiger partial charge in [-0.3, -0.25) is 4.79 Å². The van der Waals surface area contributed by atoms with E-state index >= 15 is 0 Å². The largest absolute Gasteiger partial charge is 0.497 e. The fraction of sp³-hybridized carbons (Fsp3) is 0.273. The molecule has 1 fully saturated rings. The molecule has 10 heteroatoms. The van der Waals surface area contributed by atoms with Crippen molar-refractivity contribution in [1.82, 2.24) is 5.32 Å². The smallest absolute Gasteiger partial charge is 0.336 e. The second-order valence-corrected chi connectivity index (χ2v) is 9.63. The van der Waals surface area contributed by atoms with Crippen LogP contribution in [-0.2, 0) is 14.6 Å². The van der Waals surface area contributed by atoms with Gasteiger partial charge in [0.2, 0.25) is 0 Å². The molecule has 2 aromatic carbocycles. The van der Waals surface area contributed by atoms with Crippen LogP contribution >= 0.6 is 0 Å². The molecular formula is C22H21NO8S. The average molecular weight is 459 g/mol. The number of sulfone groups is 1. The number of aliphatic hydroxyl groups is 1. The highest BCUT2D eigenvalue weighted by Gasteiger charge is 2.37. The van der Waals surface area contributed by atoms with E-state index in [9.17, 15) is 23.1 Å². The lowest BCUT2D eigenvalue weighted by molar-refractivity contribution is -0.124. The summed E-state index contributed by atoms with van der Waals surface area (Å²) in [5.74, 6) is -0.270.